The lowest BCUT2D eigenvalue weighted by atomic mass is 10.2. The van der Waals surface area contributed by atoms with Crippen molar-refractivity contribution in [2.75, 3.05) is 5.32 Å². The molecule has 0 fully saturated rings. The molecule has 1 N–H and O–H groups in total. The number of fused-ring (bicyclic) bond motifs is 1. The van der Waals surface area contributed by atoms with E-state index in [9.17, 15) is 14.1 Å². The molecule has 0 aliphatic rings. The van der Waals surface area contributed by atoms with Gasteiger partial charge in [-0.2, -0.15) is 0 Å². The molecule has 0 saturated carbocycles. The molecule has 0 spiro atoms. The Balaban J connectivity index is 2.45. The first kappa shape index (κ1) is 10.2. The zero-order valence-electron chi connectivity index (χ0n) is 7.90. The second-order valence-electron chi connectivity index (χ2n) is 2.99. The molecule has 5 nitrogen and oxygen atoms in total. The van der Waals surface area contributed by atoms with Crippen molar-refractivity contribution in [2.45, 2.75) is 0 Å². The number of hydrogen-bond donors (Lipinski definition) is 1. The molecule has 0 aliphatic heterocycles. The predicted molar refractivity (Wildman–Crippen MR) is 52.4 cm³/mol. The van der Waals surface area contributed by atoms with Crippen LogP contribution < -0.4 is 5.32 Å². The third kappa shape index (κ3) is 1.72. The zero-order chi connectivity index (χ0) is 11.5. The first-order chi connectivity index (χ1) is 7.74. The Hall–Kier alpha value is -2.37. The van der Waals surface area contributed by atoms with Gasteiger partial charge in [0.1, 0.15) is 5.58 Å². The fraction of sp³-hybridized carbons (Fsp3) is 0. The van der Waals surface area contributed by atoms with Crippen molar-refractivity contribution in [3.8, 4) is 0 Å². The molecular weight excluding hydrogens is 217 g/mol. The maximum absolute atomic E-state index is 11.6. The SMILES string of the molecule is O=CNc1ccc2oc(C(=O)OF)cc2c1. The first-order valence-corrected chi connectivity index (χ1v) is 4.31. The van der Waals surface area contributed by atoms with Gasteiger partial charge in [0.15, 0.2) is 0 Å². The summed E-state index contributed by atoms with van der Waals surface area (Å²) >= 11 is 0. The van der Waals surface area contributed by atoms with Crippen molar-refractivity contribution in [2.24, 2.45) is 0 Å². The molecule has 2 rings (SSSR count). The van der Waals surface area contributed by atoms with E-state index in [4.69, 9.17) is 4.42 Å². The van der Waals surface area contributed by atoms with Gasteiger partial charge in [0.05, 0.1) is 0 Å². The minimum atomic E-state index is -1.19. The Morgan fingerprint density at radius 2 is 2.25 bits per heavy atom. The van der Waals surface area contributed by atoms with Crippen LogP contribution >= 0.6 is 0 Å². The number of furan rings is 1. The number of carbonyl (C=O) groups is 2. The number of carbonyl (C=O) groups excluding carboxylic acids is 2. The fourth-order valence-electron chi connectivity index (χ4n) is 1.34. The molecule has 1 aromatic carbocycles. The lowest BCUT2D eigenvalue weighted by Gasteiger charge is -1.96. The quantitative estimate of drug-likeness (QED) is 0.808. The summed E-state index contributed by atoms with van der Waals surface area (Å²) in [5.41, 5.74) is 0.945. The third-order valence-corrected chi connectivity index (χ3v) is 2.01. The van der Waals surface area contributed by atoms with Crippen molar-refractivity contribution in [3.63, 3.8) is 0 Å². The number of halogens is 1. The van der Waals surface area contributed by atoms with Crippen LogP contribution in [0.15, 0.2) is 28.7 Å². The van der Waals surface area contributed by atoms with Gasteiger partial charge in [0.25, 0.3) is 0 Å². The monoisotopic (exact) mass is 223 g/mol. The van der Waals surface area contributed by atoms with Gasteiger partial charge >= 0.3 is 5.97 Å². The second-order valence-corrected chi connectivity index (χ2v) is 2.99. The van der Waals surface area contributed by atoms with Crippen molar-refractivity contribution in [1.29, 1.82) is 0 Å². The van der Waals surface area contributed by atoms with Crippen LogP contribution in [0.4, 0.5) is 10.2 Å². The van der Waals surface area contributed by atoms with Gasteiger partial charge in [-0.1, -0.05) is 0 Å². The van der Waals surface area contributed by atoms with Gasteiger partial charge in [0, 0.05) is 15.6 Å². The van der Waals surface area contributed by atoms with Crippen LogP contribution in [0, 0.1) is 0 Å². The summed E-state index contributed by atoms with van der Waals surface area (Å²) in [5, 5.41) is 3.00. The number of nitrogens with one attached hydrogen (secondary N) is 1. The Kier molecular flexibility index (Phi) is 2.55. The summed E-state index contributed by atoms with van der Waals surface area (Å²) in [4.78, 5) is 24.1. The second kappa shape index (κ2) is 4.01. The van der Waals surface area contributed by atoms with Crippen molar-refractivity contribution >= 4 is 29.0 Å². The highest BCUT2D eigenvalue weighted by Gasteiger charge is 2.14. The number of amides is 1. The number of hydrogen-bond acceptors (Lipinski definition) is 4. The summed E-state index contributed by atoms with van der Waals surface area (Å²) in [6.07, 6.45) is 0.526. The molecule has 0 radical (unpaired) electrons. The average Bonchev–Trinajstić information content (AvgIpc) is 2.71. The van der Waals surface area contributed by atoms with Gasteiger partial charge in [-0.15, -0.1) is 0 Å². The lowest BCUT2D eigenvalue weighted by Crippen LogP contribution is -1.94. The molecule has 0 aliphatic carbocycles. The Labute approximate surface area is 88.7 Å². The van der Waals surface area contributed by atoms with Crippen LogP contribution in [0.25, 0.3) is 11.0 Å². The van der Waals surface area contributed by atoms with Crippen molar-refractivity contribution < 1.29 is 23.5 Å². The zero-order valence-corrected chi connectivity index (χ0v) is 7.90. The molecule has 16 heavy (non-hydrogen) atoms. The Morgan fingerprint density at radius 1 is 1.44 bits per heavy atom. The highest BCUT2D eigenvalue weighted by atomic mass is 19.3. The van der Waals surface area contributed by atoms with E-state index in [0.717, 1.165) is 0 Å². The largest absolute Gasteiger partial charge is 0.449 e. The summed E-state index contributed by atoms with van der Waals surface area (Å²) < 4.78 is 16.7. The van der Waals surface area contributed by atoms with Gasteiger partial charge in [-0.3, -0.25) is 4.79 Å². The molecule has 82 valence electrons. The summed E-state index contributed by atoms with van der Waals surface area (Å²) in [7, 11) is 0. The predicted octanol–water partition coefficient (Wildman–Crippen LogP) is 2.04. The van der Waals surface area contributed by atoms with E-state index in [1.807, 2.05) is 0 Å². The van der Waals surface area contributed by atoms with E-state index < -0.39 is 5.97 Å². The Morgan fingerprint density at radius 3 is 2.94 bits per heavy atom. The van der Waals surface area contributed by atoms with Crippen molar-refractivity contribution in [3.05, 3.63) is 30.0 Å². The molecule has 0 saturated heterocycles. The molecule has 1 aromatic heterocycles. The average molecular weight is 223 g/mol. The number of benzene rings is 1. The van der Waals surface area contributed by atoms with Gasteiger partial charge in [-0.05, 0) is 24.3 Å². The summed E-state index contributed by atoms with van der Waals surface area (Å²) in [6.45, 7) is 0. The van der Waals surface area contributed by atoms with E-state index >= 15 is 0 Å². The first-order valence-electron chi connectivity index (χ1n) is 4.31. The highest BCUT2D eigenvalue weighted by molar-refractivity contribution is 5.93. The smallest absolute Gasteiger partial charge is 0.414 e. The molecule has 6 heteroatoms. The number of rotatable bonds is 3. The van der Waals surface area contributed by atoms with E-state index in [1.54, 1.807) is 18.2 Å². The van der Waals surface area contributed by atoms with E-state index in [1.165, 1.54) is 6.07 Å². The van der Waals surface area contributed by atoms with Gasteiger partial charge in [0.2, 0.25) is 12.2 Å². The normalized spacial score (nSPS) is 10.1. The third-order valence-electron chi connectivity index (χ3n) is 2.01. The van der Waals surface area contributed by atoms with Gasteiger partial charge < -0.3 is 9.73 Å². The topological polar surface area (TPSA) is 68.5 Å². The van der Waals surface area contributed by atoms with Crippen LogP contribution in [0.3, 0.4) is 0 Å². The summed E-state index contributed by atoms with van der Waals surface area (Å²) in [5.74, 6) is -1.43. The van der Waals surface area contributed by atoms with Crippen LogP contribution in [0.1, 0.15) is 10.6 Å². The maximum Gasteiger partial charge on any atom is 0.414 e. The van der Waals surface area contributed by atoms with E-state index in [2.05, 4.69) is 10.3 Å². The molecule has 0 atom stereocenters. The van der Waals surface area contributed by atoms with E-state index in [0.29, 0.717) is 23.1 Å². The van der Waals surface area contributed by atoms with E-state index in [-0.39, 0.29) is 5.76 Å². The molecule has 0 bridgehead atoms. The van der Waals surface area contributed by atoms with Crippen molar-refractivity contribution in [1.82, 2.24) is 0 Å². The Bertz CT molecular complexity index is 549. The standard InChI is InChI=1S/C10H6FNO4/c11-16-10(14)9-4-6-3-7(12-5-13)1-2-8(6)15-9/h1-5H,(H,12,13). The molecule has 1 amide bonds. The van der Waals surface area contributed by atoms with Gasteiger partial charge in [-0.25, -0.2) is 9.74 Å². The van der Waals surface area contributed by atoms with Crippen LogP contribution in [0.5, 0.6) is 0 Å². The minimum absolute atomic E-state index is 0.235. The molecule has 0 unspecified atom stereocenters. The lowest BCUT2D eigenvalue weighted by molar-refractivity contribution is -0.105. The molecule has 1 heterocycles. The minimum Gasteiger partial charge on any atom is -0.449 e. The molecular formula is C10H6FNO4. The van der Waals surface area contributed by atoms with Crippen LogP contribution in [0.2, 0.25) is 0 Å². The highest BCUT2D eigenvalue weighted by Crippen LogP contribution is 2.23. The maximum atomic E-state index is 11.6. The van der Waals surface area contributed by atoms with Crippen LogP contribution in [-0.4, -0.2) is 12.4 Å². The fourth-order valence-corrected chi connectivity index (χ4v) is 1.34. The molecule has 2 aromatic rings. The number of anilines is 1. The van der Waals surface area contributed by atoms with Crippen LogP contribution in [-0.2, 0) is 9.74 Å². The summed E-state index contributed by atoms with van der Waals surface area (Å²) in [6, 6.07) is 6.05.